The zero-order valence-corrected chi connectivity index (χ0v) is 11.6. The van der Waals surface area contributed by atoms with E-state index >= 15 is 0 Å². The van der Waals surface area contributed by atoms with Crippen LogP contribution in [0.15, 0.2) is 17.0 Å². The maximum Gasteiger partial charge on any atom is 0.425 e. The lowest BCUT2D eigenvalue weighted by Crippen LogP contribution is -2.40. The van der Waals surface area contributed by atoms with Crippen molar-refractivity contribution in [3.8, 4) is 0 Å². The summed E-state index contributed by atoms with van der Waals surface area (Å²) in [6.07, 6.45) is -1.16. The number of hydrogen-bond donors (Lipinski definition) is 1. The zero-order valence-electron chi connectivity index (χ0n) is 10.0. The van der Waals surface area contributed by atoms with E-state index < -0.39 is 17.8 Å². The molecule has 0 saturated heterocycles. The molecule has 0 aliphatic carbocycles. The number of carboxylic acid groups (broad SMARTS) is 1. The molecular formula is C10H12BrN3O4. The number of rotatable bonds is 1. The van der Waals surface area contributed by atoms with E-state index in [1.165, 1.54) is 12.3 Å². The molecule has 1 heterocycles. The first kappa shape index (κ1) is 14.4. The van der Waals surface area contributed by atoms with Gasteiger partial charge in [-0.15, -0.1) is 0 Å². The van der Waals surface area contributed by atoms with Gasteiger partial charge in [0.1, 0.15) is 5.60 Å². The Kier molecular flexibility index (Phi) is 4.23. The highest BCUT2D eigenvalue weighted by atomic mass is 79.9. The number of ether oxygens (including phenoxy) is 1. The van der Waals surface area contributed by atoms with E-state index in [-0.39, 0.29) is 10.6 Å². The topological polar surface area (TPSA) is 92.6 Å². The molecule has 0 spiro atoms. The number of nitrogens with zero attached hydrogens (tertiary/aromatic N) is 3. The first-order chi connectivity index (χ1) is 8.20. The van der Waals surface area contributed by atoms with E-state index in [2.05, 4.69) is 25.9 Å². The summed E-state index contributed by atoms with van der Waals surface area (Å²) in [5.41, 5.74) is -0.797. The van der Waals surface area contributed by atoms with Crippen LogP contribution in [-0.4, -0.2) is 32.9 Å². The van der Waals surface area contributed by atoms with Crippen molar-refractivity contribution in [3.05, 3.63) is 17.0 Å². The van der Waals surface area contributed by atoms with Crippen LogP contribution in [0.3, 0.4) is 0 Å². The lowest BCUT2D eigenvalue weighted by atomic mass is 10.2. The number of halogens is 1. The van der Waals surface area contributed by atoms with Crippen molar-refractivity contribution in [3.63, 3.8) is 0 Å². The highest BCUT2D eigenvalue weighted by molar-refractivity contribution is 9.10. The third-order valence-corrected chi connectivity index (χ3v) is 1.99. The van der Waals surface area contributed by atoms with E-state index in [4.69, 9.17) is 9.84 Å². The van der Waals surface area contributed by atoms with Gasteiger partial charge in [-0.2, -0.15) is 4.90 Å². The number of carbonyl (C=O) groups is 2. The van der Waals surface area contributed by atoms with E-state index in [1.54, 1.807) is 20.8 Å². The van der Waals surface area contributed by atoms with Gasteiger partial charge < -0.3 is 9.84 Å². The van der Waals surface area contributed by atoms with Crippen LogP contribution in [0.4, 0.5) is 15.4 Å². The number of carbonyl (C=O) groups excluding carboxylic acids is 1. The summed E-state index contributed by atoms with van der Waals surface area (Å²) in [7, 11) is 0. The summed E-state index contributed by atoms with van der Waals surface area (Å²) < 4.78 is 5.16. The average molecular weight is 318 g/mol. The first-order valence-electron chi connectivity index (χ1n) is 4.95. The molecule has 0 aromatic carbocycles. The molecule has 0 atom stereocenters. The Hall–Kier alpha value is -1.70. The summed E-state index contributed by atoms with van der Waals surface area (Å²) in [4.78, 5) is 30.8. The highest BCUT2D eigenvalue weighted by Crippen LogP contribution is 2.17. The van der Waals surface area contributed by atoms with E-state index in [0.29, 0.717) is 4.90 Å². The lowest BCUT2D eigenvalue weighted by molar-refractivity contribution is 0.0581. The van der Waals surface area contributed by atoms with Crippen LogP contribution < -0.4 is 4.90 Å². The maximum atomic E-state index is 11.8. The van der Waals surface area contributed by atoms with Gasteiger partial charge in [0.25, 0.3) is 0 Å². The molecule has 0 saturated carbocycles. The van der Waals surface area contributed by atoms with Gasteiger partial charge in [-0.1, -0.05) is 0 Å². The Morgan fingerprint density at radius 1 is 1.44 bits per heavy atom. The molecule has 0 radical (unpaired) electrons. The van der Waals surface area contributed by atoms with Crippen molar-refractivity contribution in [1.82, 2.24) is 9.97 Å². The molecular weight excluding hydrogens is 306 g/mol. The van der Waals surface area contributed by atoms with Crippen LogP contribution in [-0.2, 0) is 4.74 Å². The summed E-state index contributed by atoms with van der Waals surface area (Å²) in [5, 5.41) is 9.03. The van der Waals surface area contributed by atoms with Gasteiger partial charge in [0.2, 0.25) is 0 Å². The SMILES string of the molecule is CC(C)(C)OC(=O)N(C(=O)O)c1ccnc(Br)n1. The third kappa shape index (κ3) is 3.95. The molecule has 7 nitrogen and oxygen atoms in total. The Morgan fingerprint density at radius 3 is 2.50 bits per heavy atom. The molecule has 0 bridgehead atoms. The average Bonchev–Trinajstić information content (AvgIpc) is 2.13. The molecule has 0 unspecified atom stereocenters. The van der Waals surface area contributed by atoms with Crippen molar-refractivity contribution in [2.45, 2.75) is 26.4 Å². The van der Waals surface area contributed by atoms with Gasteiger partial charge >= 0.3 is 12.2 Å². The molecule has 18 heavy (non-hydrogen) atoms. The summed E-state index contributed by atoms with van der Waals surface area (Å²) in [5.74, 6) is -0.0846. The zero-order chi connectivity index (χ0) is 13.9. The minimum Gasteiger partial charge on any atom is -0.464 e. The Bertz CT molecular complexity index is 472. The largest absolute Gasteiger partial charge is 0.464 e. The first-order valence-corrected chi connectivity index (χ1v) is 5.74. The van der Waals surface area contributed by atoms with Gasteiger partial charge in [0, 0.05) is 12.3 Å². The number of anilines is 1. The van der Waals surface area contributed by atoms with E-state index in [9.17, 15) is 9.59 Å². The Morgan fingerprint density at radius 2 is 2.06 bits per heavy atom. The molecule has 2 amide bonds. The second-order valence-corrected chi connectivity index (χ2v) is 4.99. The Labute approximate surface area is 112 Å². The third-order valence-electron chi connectivity index (χ3n) is 1.61. The standard InChI is InChI=1S/C10H12BrN3O4/c1-10(2,3)18-9(17)14(8(15)16)6-4-5-12-7(11)13-6/h4-5H,1-3H3,(H,15,16). The maximum absolute atomic E-state index is 11.8. The predicted octanol–water partition coefficient (Wildman–Crippen LogP) is 2.66. The van der Waals surface area contributed by atoms with Gasteiger partial charge in [-0.05, 0) is 36.7 Å². The molecule has 0 fully saturated rings. The normalized spacial score (nSPS) is 10.9. The second kappa shape index (κ2) is 5.30. The monoisotopic (exact) mass is 317 g/mol. The molecule has 0 aliphatic rings. The molecule has 1 N–H and O–H groups in total. The number of imide groups is 1. The van der Waals surface area contributed by atoms with Gasteiger partial charge in [-0.3, -0.25) is 0 Å². The van der Waals surface area contributed by atoms with Crippen LogP contribution in [0, 0.1) is 0 Å². The summed E-state index contributed by atoms with van der Waals surface area (Å²) in [6.45, 7) is 4.92. The van der Waals surface area contributed by atoms with Gasteiger partial charge in [0.15, 0.2) is 10.6 Å². The molecule has 0 aliphatic heterocycles. The predicted molar refractivity (Wildman–Crippen MR) is 66.5 cm³/mol. The summed E-state index contributed by atoms with van der Waals surface area (Å²) >= 11 is 3.00. The van der Waals surface area contributed by atoms with Crippen LogP contribution in [0.1, 0.15) is 20.8 Å². The molecule has 1 aromatic heterocycles. The second-order valence-electron chi connectivity index (χ2n) is 4.28. The minimum atomic E-state index is -1.48. The molecule has 98 valence electrons. The minimum absolute atomic E-state index is 0.0846. The molecule has 8 heteroatoms. The van der Waals surface area contributed by atoms with E-state index in [0.717, 1.165) is 0 Å². The fourth-order valence-corrected chi connectivity index (χ4v) is 1.33. The van der Waals surface area contributed by atoms with E-state index in [1.807, 2.05) is 0 Å². The van der Waals surface area contributed by atoms with Crippen LogP contribution in [0.5, 0.6) is 0 Å². The lowest BCUT2D eigenvalue weighted by Gasteiger charge is -2.23. The van der Waals surface area contributed by atoms with Crippen molar-refractivity contribution in [2.75, 3.05) is 4.90 Å². The van der Waals surface area contributed by atoms with Crippen LogP contribution in [0.25, 0.3) is 0 Å². The molecule has 1 aromatic rings. The fraction of sp³-hybridized carbons (Fsp3) is 0.400. The van der Waals surface area contributed by atoms with Gasteiger partial charge in [0.05, 0.1) is 0 Å². The Balaban J connectivity index is 3.04. The summed E-state index contributed by atoms with van der Waals surface area (Å²) in [6, 6.07) is 1.29. The van der Waals surface area contributed by atoms with Crippen molar-refractivity contribution >= 4 is 33.9 Å². The quantitative estimate of drug-likeness (QED) is 0.800. The fourth-order valence-electron chi connectivity index (χ4n) is 1.03. The number of amides is 2. The van der Waals surface area contributed by atoms with Crippen LogP contribution in [0.2, 0.25) is 0 Å². The van der Waals surface area contributed by atoms with Crippen LogP contribution >= 0.6 is 15.9 Å². The molecule has 1 rings (SSSR count). The van der Waals surface area contributed by atoms with Crippen molar-refractivity contribution < 1.29 is 19.4 Å². The number of aromatic nitrogens is 2. The van der Waals surface area contributed by atoms with Gasteiger partial charge in [-0.25, -0.2) is 19.6 Å². The van der Waals surface area contributed by atoms with Crippen molar-refractivity contribution in [2.24, 2.45) is 0 Å². The smallest absolute Gasteiger partial charge is 0.425 e. The van der Waals surface area contributed by atoms with Crippen molar-refractivity contribution in [1.29, 1.82) is 0 Å². The number of hydrogen-bond acceptors (Lipinski definition) is 5. The highest BCUT2D eigenvalue weighted by Gasteiger charge is 2.29.